The van der Waals surface area contributed by atoms with Crippen LogP contribution in [0.3, 0.4) is 0 Å². The van der Waals surface area contributed by atoms with Crippen molar-refractivity contribution in [3.63, 3.8) is 0 Å². The number of hydrogen-bond acceptors (Lipinski definition) is 6. The fourth-order valence-corrected chi connectivity index (χ4v) is 4.76. The summed E-state index contributed by atoms with van der Waals surface area (Å²) >= 11 is 1.49. The molecule has 10 heteroatoms. The molecular formula is C31H35F2LiN2O4S. The molecule has 1 N–H and O–H groups in total. The van der Waals surface area contributed by atoms with Crippen LogP contribution in [0.5, 0.6) is 0 Å². The molecule has 0 radical (unpaired) electrons. The smallest absolute Gasteiger partial charge is 0.548 e. The minimum Gasteiger partial charge on any atom is -0.548 e. The first-order valence-electron chi connectivity index (χ1n) is 13.2. The first-order chi connectivity index (χ1) is 19.2. The topological polar surface area (TPSA) is 81.7 Å². The molecule has 41 heavy (non-hydrogen) atoms. The van der Waals surface area contributed by atoms with E-state index in [1.807, 2.05) is 50.4 Å². The number of amides is 1. The van der Waals surface area contributed by atoms with Crippen LogP contribution in [0.15, 0.2) is 60.7 Å². The Morgan fingerprint density at radius 3 is 2.37 bits per heavy atom. The molecule has 0 bridgehead atoms. The maximum atomic E-state index is 13.7. The first kappa shape index (κ1) is 34.5. The quantitative estimate of drug-likeness (QED) is 0.221. The van der Waals surface area contributed by atoms with Crippen LogP contribution in [0.25, 0.3) is 11.1 Å². The van der Waals surface area contributed by atoms with Crippen molar-refractivity contribution < 1.29 is 47.2 Å². The third-order valence-corrected chi connectivity index (χ3v) is 7.06. The number of halogens is 2. The van der Waals surface area contributed by atoms with Gasteiger partial charge in [0.1, 0.15) is 11.6 Å². The molecule has 0 aliphatic carbocycles. The Hall–Kier alpha value is -2.67. The molecule has 0 saturated carbocycles. The van der Waals surface area contributed by atoms with Crippen LogP contribution in [0.4, 0.5) is 8.78 Å². The molecule has 0 fully saturated rings. The maximum absolute atomic E-state index is 13.7. The summed E-state index contributed by atoms with van der Waals surface area (Å²) in [4.78, 5) is 31.0. The van der Waals surface area contributed by atoms with Crippen LogP contribution in [0, 0.1) is 18.6 Å². The number of rotatable bonds is 15. The zero-order chi connectivity index (χ0) is 29.1. The molecule has 0 aromatic heterocycles. The summed E-state index contributed by atoms with van der Waals surface area (Å²) in [6, 6.07) is 15.2. The minimum absolute atomic E-state index is 0. The summed E-state index contributed by atoms with van der Waals surface area (Å²) in [5.41, 5.74) is 4.01. The third kappa shape index (κ3) is 10.6. The zero-order valence-electron chi connectivity index (χ0n) is 24.0. The van der Waals surface area contributed by atoms with Crippen LogP contribution < -0.4 is 29.3 Å². The predicted octanol–water partition coefficient (Wildman–Crippen LogP) is 2.28. The van der Waals surface area contributed by atoms with Crippen LogP contribution in [0.2, 0.25) is 0 Å². The number of hydroxylamine groups is 2. The van der Waals surface area contributed by atoms with Gasteiger partial charge in [-0.2, -0.15) is 16.8 Å². The SMILES string of the molecule is CCCCN(Cc1cc(F)cc(F)c1)OCc1ccc(C(=O)N[C@@H](CCSC)C(=O)[O-])c(-c2ccccc2C)c1.[Li+]. The van der Waals surface area contributed by atoms with E-state index in [-0.39, 0.29) is 38.4 Å². The van der Waals surface area contributed by atoms with Crippen molar-refractivity contribution in [3.8, 4) is 11.1 Å². The van der Waals surface area contributed by atoms with Gasteiger partial charge in [-0.1, -0.05) is 43.7 Å². The Kier molecular flexibility index (Phi) is 14.6. The largest absolute Gasteiger partial charge is 1.00 e. The Balaban J connectivity index is 0.00000588. The number of aliphatic carboxylic acids is 1. The summed E-state index contributed by atoms with van der Waals surface area (Å²) in [5.74, 6) is -2.54. The summed E-state index contributed by atoms with van der Waals surface area (Å²) < 4.78 is 27.5. The maximum Gasteiger partial charge on any atom is 1.00 e. The number of carbonyl (C=O) groups is 2. The van der Waals surface area contributed by atoms with Crippen molar-refractivity contribution in [1.82, 2.24) is 10.4 Å². The van der Waals surface area contributed by atoms with Gasteiger partial charge in [-0.25, -0.2) is 8.78 Å². The van der Waals surface area contributed by atoms with E-state index in [9.17, 15) is 23.5 Å². The molecule has 0 unspecified atom stereocenters. The van der Waals surface area contributed by atoms with E-state index in [0.717, 1.165) is 35.6 Å². The van der Waals surface area contributed by atoms with Crippen LogP contribution >= 0.6 is 11.8 Å². The monoisotopic (exact) mass is 576 g/mol. The fourth-order valence-electron chi connectivity index (χ4n) is 4.29. The van der Waals surface area contributed by atoms with Gasteiger partial charge < -0.3 is 15.2 Å². The number of carboxylic acids is 1. The van der Waals surface area contributed by atoms with Gasteiger partial charge in [-0.15, -0.1) is 0 Å². The van der Waals surface area contributed by atoms with E-state index >= 15 is 0 Å². The number of aryl methyl sites for hydroxylation is 1. The molecular weight excluding hydrogens is 541 g/mol. The number of nitrogens with one attached hydrogen (secondary N) is 1. The standard InChI is InChI=1S/C31H36F2N2O4S.Li/c1-4-5-13-35(19-23-15-24(32)18-25(33)16-23)39-20-22-10-11-27(28(17-22)26-9-7-6-8-21(26)2)30(36)34-29(31(37)38)12-14-40-3;/h6-11,15-18,29H,4-5,12-14,19-20H2,1-3H3,(H,34,36)(H,37,38);/q;+1/p-1/t29-;/m0./s1. The molecule has 3 aromatic rings. The number of unbranched alkanes of at least 4 members (excludes halogenated alkanes) is 1. The Morgan fingerprint density at radius 1 is 1.02 bits per heavy atom. The van der Waals surface area contributed by atoms with Crippen molar-refractivity contribution >= 4 is 23.6 Å². The summed E-state index contributed by atoms with van der Waals surface area (Å²) in [6.45, 7) is 4.93. The Bertz CT molecular complexity index is 1290. The summed E-state index contributed by atoms with van der Waals surface area (Å²) in [7, 11) is 0. The van der Waals surface area contributed by atoms with Gasteiger partial charge in [0.05, 0.1) is 18.6 Å². The van der Waals surface area contributed by atoms with Crippen molar-refractivity contribution in [3.05, 3.63) is 94.6 Å². The predicted molar refractivity (Wildman–Crippen MR) is 152 cm³/mol. The molecule has 1 amide bonds. The van der Waals surface area contributed by atoms with Crippen molar-refractivity contribution in [2.24, 2.45) is 0 Å². The summed E-state index contributed by atoms with van der Waals surface area (Å²) in [6.07, 6.45) is 3.87. The molecule has 0 spiro atoms. The molecule has 1 atom stereocenters. The number of hydrogen-bond donors (Lipinski definition) is 1. The molecule has 214 valence electrons. The van der Waals surface area contributed by atoms with Crippen LogP contribution in [0.1, 0.15) is 53.2 Å². The molecule has 0 aliphatic heterocycles. The van der Waals surface area contributed by atoms with E-state index in [1.165, 1.54) is 23.9 Å². The van der Waals surface area contributed by atoms with E-state index in [1.54, 1.807) is 17.2 Å². The average Bonchev–Trinajstić information content (AvgIpc) is 2.91. The van der Waals surface area contributed by atoms with Gasteiger partial charge >= 0.3 is 18.9 Å². The zero-order valence-corrected chi connectivity index (χ0v) is 24.9. The van der Waals surface area contributed by atoms with E-state index < -0.39 is 29.6 Å². The number of benzene rings is 3. The van der Waals surface area contributed by atoms with Crippen LogP contribution in [-0.4, -0.2) is 41.5 Å². The molecule has 3 aromatic carbocycles. The first-order valence-corrected chi connectivity index (χ1v) is 14.6. The normalized spacial score (nSPS) is 11.7. The second kappa shape index (κ2) is 17.3. The van der Waals surface area contributed by atoms with Crippen molar-refractivity contribution in [2.45, 2.75) is 52.3 Å². The van der Waals surface area contributed by atoms with Gasteiger partial charge in [0.25, 0.3) is 5.91 Å². The second-order valence-electron chi connectivity index (χ2n) is 9.59. The number of carboxylic acid groups (broad SMARTS) is 1. The molecule has 0 saturated heterocycles. The van der Waals surface area contributed by atoms with E-state index in [2.05, 4.69) is 5.32 Å². The average molecular weight is 577 g/mol. The van der Waals surface area contributed by atoms with E-state index in [4.69, 9.17) is 4.84 Å². The molecule has 0 aliphatic rings. The van der Waals surface area contributed by atoms with Crippen molar-refractivity contribution in [1.29, 1.82) is 0 Å². The number of carbonyl (C=O) groups excluding carboxylic acids is 2. The van der Waals surface area contributed by atoms with Gasteiger partial charge in [-0.05, 0) is 83.9 Å². The molecule has 3 rings (SSSR count). The number of nitrogens with zero attached hydrogens (tertiary/aromatic N) is 1. The number of thioether (sulfide) groups is 1. The minimum atomic E-state index is -1.32. The van der Waals surface area contributed by atoms with Crippen LogP contribution in [-0.2, 0) is 22.8 Å². The van der Waals surface area contributed by atoms with Gasteiger partial charge in [0.2, 0.25) is 0 Å². The van der Waals surface area contributed by atoms with Gasteiger partial charge in [0, 0.05) is 24.7 Å². The van der Waals surface area contributed by atoms with Gasteiger partial charge in [-0.3, -0.25) is 9.63 Å². The molecule has 0 heterocycles. The summed E-state index contributed by atoms with van der Waals surface area (Å²) in [5, 5.41) is 15.9. The van der Waals surface area contributed by atoms with E-state index in [0.29, 0.717) is 29.0 Å². The Labute approximate surface area is 257 Å². The van der Waals surface area contributed by atoms with Gasteiger partial charge in [0.15, 0.2) is 0 Å². The third-order valence-electron chi connectivity index (χ3n) is 6.42. The Morgan fingerprint density at radius 2 is 1.73 bits per heavy atom. The fraction of sp³-hybridized carbons (Fsp3) is 0.355. The second-order valence-corrected chi connectivity index (χ2v) is 10.6. The van der Waals surface area contributed by atoms with Crippen molar-refractivity contribution in [2.75, 3.05) is 18.6 Å². The molecule has 6 nitrogen and oxygen atoms in total.